The fourth-order valence-corrected chi connectivity index (χ4v) is 3.47. The molecule has 1 amide bonds. The van der Waals surface area contributed by atoms with E-state index in [9.17, 15) is 9.18 Å². The molecule has 1 N–H and O–H groups in total. The maximum atomic E-state index is 13.6. The van der Waals surface area contributed by atoms with Crippen molar-refractivity contribution in [2.24, 2.45) is 0 Å². The third-order valence-electron chi connectivity index (χ3n) is 4.88. The molecule has 0 spiro atoms. The topological polar surface area (TPSA) is 65.0 Å². The molecule has 0 unspecified atom stereocenters. The fraction of sp³-hybridized carbons (Fsp3) is 0.0435. The molecule has 5 rings (SSSR count). The maximum Gasteiger partial charge on any atom is 0.272 e. The molecule has 0 saturated carbocycles. The zero-order chi connectivity index (χ0) is 20.5. The number of aromatic nitrogens is 3. The Kier molecular flexibility index (Phi) is 4.40. The molecule has 0 radical (unpaired) electrons. The molecule has 7 heteroatoms. The first-order chi connectivity index (χ1) is 14.7. The van der Waals surface area contributed by atoms with Crippen LogP contribution in [0, 0.1) is 5.82 Å². The first kappa shape index (κ1) is 17.9. The molecular weight excluding hydrogens is 383 g/mol. The van der Waals surface area contributed by atoms with Gasteiger partial charge in [0.1, 0.15) is 11.5 Å². The maximum absolute atomic E-state index is 13.6. The largest absolute Gasteiger partial charge is 0.463 e. The summed E-state index contributed by atoms with van der Waals surface area (Å²) in [7, 11) is 0. The summed E-state index contributed by atoms with van der Waals surface area (Å²) < 4.78 is 22.7. The van der Waals surface area contributed by atoms with E-state index in [0.717, 1.165) is 16.8 Å². The van der Waals surface area contributed by atoms with Crippen LogP contribution < -0.4 is 5.32 Å². The minimum atomic E-state index is -0.314. The van der Waals surface area contributed by atoms with E-state index in [2.05, 4.69) is 10.4 Å². The zero-order valence-electron chi connectivity index (χ0n) is 15.8. The predicted molar refractivity (Wildman–Crippen MR) is 111 cm³/mol. The highest BCUT2D eigenvalue weighted by Gasteiger charge is 2.18. The number of rotatable bonds is 5. The van der Waals surface area contributed by atoms with Crippen LogP contribution in [0.15, 0.2) is 89.8 Å². The number of furan rings is 1. The van der Waals surface area contributed by atoms with Crippen LogP contribution in [0.5, 0.6) is 0 Å². The van der Waals surface area contributed by atoms with Crippen LogP contribution in [-0.2, 0) is 6.54 Å². The van der Waals surface area contributed by atoms with Crippen molar-refractivity contribution < 1.29 is 13.6 Å². The Morgan fingerprint density at radius 1 is 1.07 bits per heavy atom. The van der Waals surface area contributed by atoms with Crippen molar-refractivity contribution in [3.63, 3.8) is 0 Å². The van der Waals surface area contributed by atoms with Crippen LogP contribution in [0.25, 0.3) is 16.8 Å². The fourth-order valence-electron chi connectivity index (χ4n) is 3.47. The molecule has 0 aliphatic carbocycles. The highest BCUT2D eigenvalue weighted by atomic mass is 19.1. The number of benzene rings is 2. The van der Waals surface area contributed by atoms with Gasteiger partial charge in [-0.3, -0.25) is 4.79 Å². The summed E-state index contributed by atoms with van der Waals surface area (Å²) in [6.07, 6.45) is 5.13. The summed E-state index contributed by atoms with van der Waals surface area (Å²) in [5.41, 5.74) is 4.12. The molecule has 3 aromatic heterocycles. The summed E-state index contributed by atoms with van der Waals surface area (Å²) in [4.78, 5) is 13.0. The lowest BCUT2D eigenvalue weighted by atomic mass is 10.2. The average molecular weight is 400 g/mol. The molecule has 0 bridgehead atoms. The van der Waals surface area contributed by atoms with Crippen molar-refractivity contribution in [2.75, 3.05) is 5.32 Å². The molecule has 0 aliphatic heterocycles. The third-order valence-corrected chi connectivity index (χ3v) is 4.88. The van der Waals surface area contributed by atoms with E-state index < -0.39 is 0 Å². The van der Waals surface area contributed by atoms with Crippen LogP contribution in [-0.4, -0.2) is 20.3 Å². The summed E-state index contributed by atoms with van der Waals surface area (Å²) >= 11 is 0. The van der Waals surface area contributed by atoms with E-state index >= 15 is 0 Å². The SMILES string of the molecule is O=C(Nc1ccc(-n2cccn2)cc1)c1cc2occc2n1Cc1cccc(F)c1. The standard InChI is InChI=1S/C23H17FN4O2/c24-17-4-1-3-16(13-17)15-27-20-9-12-30-22(20)14-21(27)23(29)26-18-5-7-19(8-6-18)28-11-2-10-25-28/h1-14H,15H2,(H,26,29). The predicted octanol–water partition coefficient (Wildman–Crippen LogP) is 4.86. The van der Waals surface area contributed by atoms with E-state index in [1.165, 1.54) is 12.1 Å². The Morgan fingerprint density at radius 2 is 1.93 bits per heavy atom. The van der Waals surface area contributed by atoms with E-state index in [-0.39, 0.29) is 11.7 Å². The molecule has 0 saturated heterocycles. The summed E-state index contributed by atoms with van der Waals surface area (Å²) in [6.45, 7) is 0.349. The van der Waals surface area contributed by atoms with Gasteiger partial charge in [0.2, 0.25) is 0 Å². The average Bonchev–Trinajstić information content (AvgIpc) is 3.48. The molecule has 6 nitrogen and oxygen atoms in total. The molecule has 5 aromatic rings. The van der Waals surface area contributed by atoms with Gasteiger partial charge in [0.15, 0.2) is 5.58 Å². The summed E-state index contributed by atoms with van der Waals surface area (Å²) in [5, 5.41) is 7.10. The van der Waals surface area contributed by atoms with Gasteiger partial charge in [0.05, 0.1) is 17.5 Å². The van der Waals surface area contributed by atoms with Gasteiger partial charge in [-0.25, -0.2) is 9.07 Å². The lowest BCUT2D eigenvalue weighted by molar-refractivity contribution is 0.101. The van der Waals surface area contributed by atoms with Gasteiger partial charge in [0, 0.05) is 36.8 Å². The van der Waals surface area contributed by atoms with Gasteiger partial charge in [-0.2, -0.15) is 5.10 Å². The molecular formula is C23H17FN4O2. The Balaban J connectivity index is 1.42. The summed E-state index contributed by atoms with van der Waals surface area (Å²) in [6, 6.07) is 19.1. The minimum absolute atomic E-state index is 0.273. The number of halogens is 1. The third kappa shape index (κ3) is 3.37. The van der Waals surface area contributed by atoms with Crippen molar-refractivity contribution in [3.05, 3.63) is 102 Å². The molecule has 0 fully saturated rings. The minimum Gasteiger partial charge on any atom is -0.463 e. The van der Waals surface area contributed by atoms with E-state index in [1.807, 2.05) is 47.2 Å². The molecule has 30 heavy (non-hydrogen) atoms. The van der Waals surface area contributed by atoms with E-state index in [1.54, 1.807) is 35.3 Å². The number of nitrogens with zero attached hydrogens (tertiary/aromatic N) is 3. The number of hydrogen-bond donors (Lipinski definition) is 1. The van der Waals surface area contributed by atoms with Crippen LogP contribution in [0.1, 0.15) is 16.1 Å². The number of fused-ring (bicyclic) bond motifs is 1. The number of hydrogen-bond acceptors (Lipinski definition) is 3. The second kappa shape index (κ2) is 7.36. The molecule has 0 aliphatic rings. The van der Waals surface area contributed by atoms with Crippen LogP contribution in [0.2, 0.25) is 0 Å². The molecule has 3 heterocycles. The quantitative estimate of drug-likeness (QED) is 0.458. The summed E-state index contributed by atoms with van der Waals surface area (Å²) in [5.74, 6) is -0.587. The number of anilines is 1. The van der Waals surface area contributed by atoms with Gasteiger partial charge in [-0.05, 0) is 48.0 Å². The monoisotopic (exact) mass is 400 g/mol. The number of carbonyl (C=O) groups excluding carboxylic acids is 1. The smallest absolute Gasteiger partial charge is 0.272 e. The normalized spacial score (nSPS) is 11.1. The Labute approximate surface area is 171 Å². The second-order valence-electron chi connectivity index (χ2n) is 6.87. The number of amides is 1. The Hall–Kier alpha value is -4.13. The van der Waals surface area contributed by atoms with Crippen molar-refractivity contribution >= 4 is 22.7 Å². The number of carbonyl (C=O) groups is 1. The molecule has 0 atom stereocenters. The number of nitrogens with one attached hydrogen (secondary N) is 1. The van der Waals surface area contributed by atoms with Crippen LogP contribution in [0.3, 0.4) is 0 Å². The molecule has 2 aromatic carbocycles. The Morgan fingerprint density at radius 3 is 2.70 bits per heavy atom. The van der Waals surface area contributed by atoms with E-state index in [4.69, 9.17) is 4.42 Å². The highest BCUT2D eigenvalue weighted by molar-refractivity contribution is 6.05. The van der Waals surface area contributed by atoms with Crippen molar-refractivity contribution in [1.82, 2.24) is 14.3 Å². The van der Waals surface area contributed by atoms with E-state index in [0.29, 0.717) is 23.5 Å². The van der Waals surface area contributed by atoms with Crippen molar-refractivity contribution in [2.45, 2.75) is 6.54 Å². The van der Waals surface area contributed by atoms with Crippen LogP contribution >= 0.6 is 0 Å². The highest BCUT2D eigenvalue weighted by Crippen LogP contribution is 2.24. The lowest BCUT2D eigenvalue weighted by Crippen LogP contribution is -2.17. The van der Waals surface area contributed by atoms with Gasteiger partial charge in [-0.1, -0.05) is 12.1 Å². The first-order valence-electron chi connectivity index (χ1n) is 9.40. The second-order valence-corrected chi connectivity index (χ2v) is 6.87. The lowest BCUT2D eigenvalue weighted by Gasteiger charge is -2.11. The van der Waals surface area contributed by atoms with Crippen molar-refractivity contribution in [1.29, 1.82) is 0 Å². The van der Waals surface area contributed by atoms with Crippen LogP contribution in [0.4, 0.5) is 10.1 Å². The van der Waals surface area contributed by atoms with Crippen molar-refractivity contribution in [3.8, 4) is 5.69 Å². The van der Waals surface area contributed by atoms with Gasteiger partial charge < -0.3 is 14.3 Å². The van der Waals surface area contributed by atoms with Gasteiger partial charge in [-0.15, -0.1) is 0 Å². The zero-order valence-corrected chi connectivity index (χ0v) is 15.8. The Bertz CT molecular complexity index is 1320. The molecule has 148 valence electrons. The van der Waals surface area contributed by atoms with Gasteiger partial charge >= 0.3 is 0 Å². The van der Waals surface area contributed by atoms with Gasteiger partial charge in [0.25, 0.3) is 5.91 Å². The first-order valence-corrected chi connectivity index (χ1v) is 9.40.